The predicted molar refractivity (Wildman–Crippen MR) is 97.6 cm³/mol. The third-order valence-electron chi connectivity index (χ3n) is 5.23. The summed E-state index contributed by atoms with van der Waals surface area (Å²) in [4.78, 5) is 27.5. The van der Waals surface area contributed by atoms with Crippen molar-refractivity contribution in [2.75, 3.05) is 6.54 Å². The lowest BCUT2D eigenvalue weighted by Gasteiger charge is -2.37. The van der Waals surface area contributed by atoms with Crippen LogP contribution in [0.3, 0.4) is 0 Å². The lowest BCUT2D eigenvalue weighted by molar-refractivity contribution is -0.142. The van der Waals surface area contributed by atoms with Crippen LogP contribution in [0.4, 0.5) is 0 Å². The molecule has 2 atom stereocenters. The first kappa shape index (κ1) is 17.9. The number of nitrogens with zero attached hydrogens (tertiary/aromatic N) is 1. The molecular formula is C20H29N3O2. The zero-order chi connectivity index (χ0) is 18.0. The van der Waals surface area contributed by atoms with Crippen molar-refractivity contribution in [2.45, 2.75) is 58.2 Å². The third-order valence-corrected chi connectivity index (χ3v) is 5.23. The molecule has 0 aromatic heterocycles. The van der Waals surface area contributed by atoms with E-state index in [4.69, 9.17) is 5.73 Å². The molecular weight excluding hydrogens is 314 g/mol. The molecule has 0 spiro atoms. The molecule has 136 valence electrons. The highest BCUT2D eigenvalue weighted by atomic mass is 16.2. The van der Waals surface area contributed by atoms with Crippen LogP contribution in [-0.2, 0) is 22.6 Å². The molecule has 1 aromatic rings. The Morgan fingerprint density at radius 3 is 2.52 bits per heavy atom. The largest absolute Gasteiger partial charge is 0.350 e. The Morgan fingerprint density at radius 2 is 1.92 bits per heavy atom. The molecule has 3 rings (SSSR count). The van der Waals surface area contributed by atoms with E-state index in [1.807, 2.05) is 32.0 Å². The summed E-state index contributed by atoms with van der Waals surface area (Å²) in [5, 5.41) is 3.11. The van der Waals surface area contributed by atoms with E-state index in [1.54, 1.807) is 4.90 Å². The van der Waals surface area contributed by atoms with Gasteiger partial charge in [0.25, 0.3) is 0 Å². The number of hydrogen-bond donors (Lipinski definition) is 2. The second-order valence-corrected chi connectivity index (χ2v) is 7.80. The highest BCUT2D eigenvalue weighted by Gasteiger charge is 2.37. The summed E-state index contributed by atoms with van der Waals surface area (Å²) in [6.45, 7) is 5.03. The second kappa shape index (κ2) is 7.56. The van der Waals surface area contributed by atoms with Crippen LogP contribution in [0.1, 0.15) is 44.2 Å². The van der Waals surface area contributed by atoms with E-state index in [0.29, 0.717) is 31.8 Å². The van der Waals surface area contributed by atoms with Crippen molar-refractivity contribution in [2.24, 2.45) is 17.6 Å². The maximum atomic E-state index is 12.9. The number of benzene rings is 1. The fraction of sp³-hybridized carbons (Fsp3) is 0.600. The summed E-state index contributed by atoms with van der Waals surface area (Å²) in [6.07, 6.45) is 3.31. The Labute approximate surface area is 150 Å². The lowest BCUT2D eigenvalue weighted by atomic mass is 9.92. The van der Waals surface area contributed by atoms with Crippen molar-refractivity contribution in [3.63, 3.8) is 0 Å². The molecule has 25 heavy (non-hydrogen) atoms. The molecule has 0 saturated heterocycles. The van der Waals surface area contributed by atoms with Crippen LogP contribution in [0, 0.1) is 11.8 Å². The molecule has 5 heteroatoms. The fourth-order valence-corrected chi connectivity index (χ4v) is 3.63. The van der Waals surface area contributed by atoms with E-state index in [1.165, 1.54) is 0 Å². The Bertz CT molecular complexity index is 640. The van der Waals surface area contributed by atoms with E-state index in [9.17, 15) is 9.59 Å². The number of fused-ring (bicyclic) bond motifs is 1. The van der Waals surface area contributed by atoms with Crippen molar-refractivity contribution in [1.82, 2.24) is 10.2 Å². The zero-order valence-electron chi connectivity index (χ0n) is 15.2. The summed E-state index contributed by atoms with van der Waals surface area (Å²) in [7, 11) is 0. The number of nitrogens with one attached hydrogen (secondary N) is 1. The van der Waals surface area contributed by atoms with Gasteiger partial charge in [-0.1, -0.05) is 38.1 Å². The minimum atomic E-state index is -0.436. The van der Waals surface area contributed by atoms with Gasteiger partial charge in [-0.15, -0.1) is 0 Å². The van der Waals surface area contributed by atoms with Gasteiger partial charge in [0.05, 0.1) is 0 Å². The average Bonchev–Trinajstić information content (AvgIpc) is 3.42. The van der Waals surface area contributed by atoms with Crippen molar-refractivity contribution in [1.29, 1.82) is 0 Å². The Kier molecular flexibility index (Phi) is 5.42. The summed E-state index contributed by atoms with van der Waals surface area (Å²) < 4.78 is 0. The van der Waals surface area contributed by atoms with E-state index in [0.717, 1.165) is 24.0 Å². The van der Waals surface area contributed by atoms with Gasteiger partial charge in [-0.05, 0) is 35.8 Å². The first-order valence-corrected chi connectivity index (χ1v) is 9.36. The van der Waals surface area contributed by atoms with E-state index in [2.05, 4.69) is 11.4 Å². The number of hydrogen-bond acceptors (Lipinski definition) is 3. The molecule has 5 nitrogen and oxygen atoms in total. The predicted octanol–water partition coefficient (Wildman–Crippen LogP) is 1.84. The lowest BCUT2D eigenvalue weighted by Crippen LogP contribution is -2.55. The van der Waals surface area contributed by atoms with Gasteiger partial charge in [0.15, 0.2) is 0 Å². The quantitative estimate of drug-likeness (QED) is 0.827. The van der Waals surface area contributed by atoms with Crippen molar-refractivity contribution in [3.8, 4) is 0 Å². The fourth-order valence-electron chi connectivity index (χ4n) is 3.63. The third kappa shape index (κ3) is 4.21. The van der Waals surface area contributed by atoms with Crippen LogP contribution in [0.2, 0.25) is 0 Å². The topological polar surface area (TPSA) is 75.4 Å². The number of carbonyl (C=O) groups excluding carboxylic acids is 2. The normalized spacial score (nSPS) is 21.0. The molecule has 1 aliphatic carbocycles. The van der Waals surface area contributed by atoms with Crippen LogP contribution in [0.15, 0.2) is 24.3 Å². The Morgan fingerprint density at radius 1 is 1.24 bits per heavy atom. The molecule has 1 aliphatic heterocycles. The van der Waals surface area contributed by atoms with Gasteiger partial charge < -0.3 is 16.0 Å². The van der Waals surface area contributed by atoms with Crippen LogP contribution in [0.5, 0.6) is 0 Å². The van der Waals surface area contributed by atoms with Crippen LogP contribution >= 0.6 is 0 Å². The van der Waals surface area contributed by atoms with E-state index < -0.39 is 6.04 Å². The van der Waals surface area contributed by atoms with Crippen LogP contribution in [-0.4, -0.2) is 35.3 Å². The standard InChI is InChI=1S/C20H29N3O2/c1-13(2)9-19(24)23-12-16-6-4-3-5-15(16)10-18(23)20(25)22-17(11-21)14-7-8-14/h3-6,13-14,17-18H,7-12,21H2,1-2H3,(H,22,25). The summed E-state index contributed by atoms with van der Waals surface area (Å²) in [6, 6.07) is 7.68. The molecule has 3 N–H and O–H groups in total. The monoisotopic (exact) mass is 343 g/mol. The van der Waals surface area contributed by atoms with Crippen LogP contribution < -0.4 is 11.1 Å². The van der Waals surface area contributed by atoms with Crippen molar-refractivity contribution in [3.05, 3.63) is 35.4 Å². The molecule has 0 bridgehead atoms. The van der Waals surface area contributed by atoms with Crippen molar-refractivity contribution >= 4 is 11.8 Å². The second-order valence-electron chi connectivity index (χ2n) is 7.80. The molecule has 1 saturated carbocycles. The average molecular weight is 343 g/mol. The first-order chi connectivity index (χ1) is 12.0. The highest BCUT2D eigenvalue weighted by Crippen LogP contribution is 2.32. The maximum absolute atomic E-state index is 12.9. The highest BCUT2D eigenvalue weighted by molar-refractivity contribution is 5.88. The molecule has 2 amide bonds. The molecule has 2 aliphatic rings. The number of rotatable bonds is 6. The van der Waals surface area contributed by atoms with Crippen molar-refractivity contribution < 1.29 is 9.59 Å². The van der Waals surface area contributed by atoms with Gasteiger partial charge in [0, 0.05) is 32.0 Å². The van der Waals surface area contributed by atoms with Gasteiger partial charge in [-0.3, -0.25) is 9.59 Å². The van der Waals surface area contributed by atoms with E-state index in [-0.39, 0.29) is 23.8 Å². The molecule has 2 unspecified atom stereocenters. The van der Waals surface area contributed by atoms with Gasteiger partial charge in [-0.25, -0.2) is 0 Å². The van der Waals surface area contributed by atoms with Gasteiger partial charge in [0.2, 0.25) is 11.8 Å². The SMILES string of the molecule is CC(C)CC(=O)N1Cc2ccccc2CC1C(=O)NC(CN)C1CC1. The number of carbonyl (C=O) groups is 2. The van der Waals surface area contributed by atoms with E-state index >= 15 is 0 Å². The first-order valence-electron chi connectivity index (χ1n) is 9.36. The maximum Gasteiger partial charge on any atom is 0.243 e. The van der Waals surface area contributed by atoms with Gasteiger partial charge in [0.1, 0.15) is 6.04 Å². The molecule has 1 aromatic carbocycles. The zero-order valence-corrected chi connectivity index (χ0v) is 15.2. The Hall–Kier alpha value is -1.88. The smallest absolute Gasteiger partial charge is 0.243 e. The number of nitrogens with two attached hydrogens (primary N) is 1. The Balaban J connectivity index is 1.79. The molecule has 1 fully saturated rings. The van der Waals surface area contributed by atoms with Gasteiger partial charge in [-0.2, -0.15) is 0 Å². The number of amides is 2. The summed E-state index contributed by atoms with van der Waals surface area (Å²) in [5.74, 6) is 0.774. The molecule has 0 radical (unpaired) electrons. The minimum absolute atomic E-state index is 0.0340. The molecule has 1 heterocycles. The van der Waals surface area contributed by atoms with Gasteiger partial charge >= 0.3 is 0 Å². The summed E-state index contributed by atoms with van der Waals surface area (Å²) >= 11 is 0. The minimum Gasteiger partial charge on any atom is -0.350 e. The summed E-state index contributed by atoms with van der Waals surface area (Å²) in [5.41, 5.74) is 8.13. The van der Waals surface area contributed by atoms with Crippen LogP contribution in [0.25, 0.3) is 0 Å².